The van der Waals surface area contributed by atoms with Crippen LogP contribution in [0.15, 0.2) is 47.4 Å². The highest BCUT2D eigenvalue weighted by molar-refractivity contribution is 7.80. The molecule has 0 aliphatic rings. The molecule has 0 aromatic heterocycles. The molecular formula is C15H15NOS. The van der Waals surface area contributed by atoms with Gasteiger partial charge in [-0.25, -0.2) is 0 Å². The van der Waals surface area contributed by atoms with Crippen molar-refractivity contribution in [1.82, 2.24) is 0 Å². The maximum atomic E-state index is 12.2. The molecule has 0 saturated heterocycles. The predicted octanol–water partition coefficient (Wildman–Crippen LogP) is 3.84. The van der Waals surface area contributed by atoms with Crippen molar-refractivity contribution < 1.29 is 4.79 Å². The first-order valence-electron chi connectivity index (χ1n) is 5.74. The van der Waals surface area contributed by atoms with Gasteiger partial charge in [0.1, 0.15) is 0 Å². The molecule has 3 heteroatoms. The van der Waals surface area contributed by atoms with E-state index in [1.807, 2.05) is 50.2 Å². The molecule has 1 N–H and O–H groups in total. The van der Waals surface area contributed by atoms with Gasteiger partial charge in [-0.1, -0.05) is 18.2 Å². The summed E-state index contributed by atoms with van der Waals surface area (Å²) in [6.07, 6.45) is 0. The summed E-state index contributed by atoms with van der Waals surface area (Å²) in [6.45, 7) is 3.91. The van der Waals surface area contributed by atoms with E-state index in [9.17, 15) is 4.79 Å². The number of amides is 1. The van der Waals surface area contributed by atoms with Crippen molar-refractivity contribution in [2.45, 2.75) is 18.7 Å². The zero-order chi connectivity index (χ0) is 13.1. The lowest BCUT2D eigenvalue weighted by molar-refractivity contribution is 0.102. The number of anilines is 1. The lowest BCUT2D eigenvalue weighted by Gasteiger charge is -2.08. The van der Waals surface area contributed by atoms with Crippen LogP contribution in [0.3, 0.4) is 0 Å². The van der Waals surface area contributed by atoms with Gasteiger partial charge in [0.15, 0.2) is 0 Å². The van der Waals surface area contributed by atoms with Crippen LogP contribution in [0.4, 0.5) is 5.69 Å². The third kappa shape index (κ3) is 2.93. The van der Waals surface area contributed by atoms with Crippen LogP contribution < -0.4 is 5.32 Å². The Hall–Kier alpha value is -1.74. The number of aryl methyl sites for hydroxylation is 2. The van der Waals surface area contributed by atoms with Crippen LogP contribution in [0.5, 0.6) is 0 Å². The van der Waals surface area contributed by atoms with E-state index >= 15 is 0 Å². The van der Waals surface area contributed by atoms with Crippen LogP contribution in [0.2, 0.25) is 0 Å². The SMILES string of the molecule is Cc1cccc(NC(=O)c2cc(S)ccc2C)c1. The number of thiol groups is 1. The van der Waals surface area contributed by atoms with Crippen molar-refractivity contribution in [3.05, 3.63) is 59.2 Å². The van der Waals surface area contributed by atoms with Gasteiger partial charge in [-0.15, -0.1) is 12.6 Å². The van der Waals surface area contributed by atoms with E-state index in [4.69, 9.17) is 0 Å². The van der Waals surface area contributed by atoms with E-state index in [0.717, 1.165) is 21.7 Å². The molecule has 0 spiro atoms. The fourth-order valence-corrected chi connectivity index (χ4v) is 1.98. The van der Waals surface area contributed by atoms with Crippen molar-refractivity contribution in [3.63, 3.8) is 0 Å². The summed E-state index contributed by atoms with van der Waals surface area (Å²) in [5.74, 6) is -0.103. The highest BCUT2D eigenvalue weighted by Gasteiger charge is 2.09. The number of hydrogen-bond acceptors (Lipinski definition) is 2. The van der Waals surface area contributed by atoms with E-state index < -0.39 is 0 Å². The lowest BCUT2D eigenvalue weighted by atomic mass is 10.1. The number of benzene rings is 2. The van der Waals surface area contributed by atoms with E-state index in [-0.39, 0.29) is 5.91 Å². The van der Waals surface area contributed by atoms with Gasteiger partial charge in [0.25, 0.3) is 5.91 Å². The number of nitrogens with one attached hydrogen (secondary N) is 1. The standard InChI is InChI=1S/C15H15NOS/c1-10-4-3-5-12(8-10)16-15(17)14-9-13(18)7-6-11(14)2/h3-9,18H,1-2H3,(H,16,17). The quantitative estimate of drug-likeness (QED) is 0.786. The maximum absolute atomic E-state index is 12.2. The third-order valence-corrected chi connectivity index (χ3v) is 3.02. The fourth-order valence-electron chi connectivity index (χ4n) is 1.78. The summed E-state index contributed by atoms with van der Waals surface area (Å²) in [4.78, 5) is 12.9. The summed E-state index contributed by atoms with van der Waals surface area (Å²) in [5, 5.41) is 2.89. The Balaban J connectivity index is 2.24. The molecule has 1 amide bonds. The number of hydrogen-bond donors (Lipinski definition) is 2. The third-order valence-electron chi connectivity index (χ3n) is 2.74. The minimum atomic E-state index is -0.103. The van der Waals surface area contributed by atoms with Gasteiger partial charge in [0, 0.05) is 16.1 Å². The van der Waals surface area contributed by atoms with Crippen molar-refractivity contribution in [2.24, 2.45) is 0 Å². The first-order valence-corrected chi connectivity index (χ1v) is 6.18. The van der Waals surface area contributed by atoms with E-state index in [1.165, 1.54) is 0 Å². The van der Waals surface area contributed by atoms with Crippen LogP contribution in [-0.4, -0.2) is 5.91 Å². The molecule has 0 unspecified atom stereocenters. The first kappa shape index (κ1) is 12.7. The molecule has 0 bridgehead atoms. The minimum Gasteiger partial charge on any atom is -0.322 e. The second-order valence-corrected chi connectivity index (χ2v) is 4.84. The number of carbonyl (C=O) groups excluding carboxylic acids is 1. The molecule has 0 saturated carbocycles. The van der Waals surface area contributed by atoms with Crippen LogP contribution in [0.1, 0.15) is 21.5 Å². The van der Waals surface area contributed by atoms with Gasteiger partial charge in [-0.05, 0) is 49.2 Å². The average molecular weight is 257 g/mol. The first-order chi connectivity index (χ1) is 8.56. The van der Waals surface area contributed by atoms with Crippen LogP contribution in [-0.2, 0) is 0 Å². The Morgan fingerprint density at radius 1 is 1.11 bits per heavy atom. The Labute approximate surface area is 112 Å². The topological polar surface area (TPSA) is 29.1 Å². The van der Waals surface area contributed by atoms with E-state index in [1.54, 1.807) is 6.07 Å². The molecule has 18 heavy (non-hydrogen) atoms. The van der Waals surface area contributed by atoms with Crippen molar-refractivity contribution in [2.75, 3.05) is 5.32 Å². The van der Waals surface area contributed by atoms with Gasteiger partial charge in [-0.2, -0.15) is 0 Å². The van der Waals surface area contributed by atoms with E-state index in [2.05, 4.69) is 17.9 Å². The second kappa shape index (κ2) is 5.27. The fraction of sp³-hybridized carbons (Fsp3) is 0.133. The Kier molecular flexibility index (Phi) is 3.72. The molecule has 2 nitrogen and oxygen atoms in total. The van der Waals surface area contributed by atoms with Crippen molar-refractivity contribution in [1.29, 1.82) is 0 Å². The number of carbonyl (C=O) groups is 1. The van der Waals surface area contributed by atoms with Crippen LogP contribution >= 0.6 is 12.6 Å². The Morgan fingerprint density at radius 2 is 1.89 bits per heavy atom. The minimum absolute atomic E-state index is 0.103. The van der Waals surface area contributed by atoms with Crippen LogP contribution in [0, 0.1) is 13.8 Å². The van der Waals surface area contributed by atoms with Crippen LogP contribution in [0.25, 0.3) is 0 Å². The molecule has 0 fully saturated rings. The molecular weight excluding hydrogens is 242 g/mol. The predicted molar refractivity (Wildman–Crippen MR) is 77.6 cm³/mol. The molecule has 2 rings (SSSR count). The molecule has 0 aliphatic carbocycles. The molecule has 2 aromatic rings. The summed E-state index contributed by atoms with van der Waals surface area (Å²) in [7, 11) is 0. The van der Waals surface area contributed by atoms with Crippen molar-refractivity contribution >= 4 is 24.2 Å². The molecule has 0 radical (unpaired) electrons. The molecule has 0 atom stereocenters. The van der Waals surface area contributed by atoms with Gasteiger partial charge in [-0.3, -0.25) is 4.79 Å². The van der Waals surface area contributed by atoms with E-state index in [0.29, 0.717) is 5.56 Å². The number of rotatable bonds is 2. The highest BCUT2D eigenvalue weighted by Crippen LogP contribution is 2.17. The Morgan fingerprint density at radius 3 is 2.61 bits per heavy atom. The normalized spacial score (nSPS) is 10.2. The summed E-state index contributed by atoms with van der Waals surface area (Å²) in [5.41, 5.74) is 3.53. The monoisotopic (exact) mass is 257 g/mol. The maximum Gasteiger partial charge on any atom is 0.255 e. The Bertz CT molecular complexity index is 593. The smallest absolute Gasteiger partial charge is 0.255 e. The zero-order valence-electron chi connectivity index (χ0n) is 10.4. The zero-order valence-corrected chi connectivity index (χ0v) is 11.3. The summed E-state index contributed by atoms with van der Waals surface area (Å²) in [6, 6.07) is 13.3. The molecule has 0 aliphatic heterocycles. The van der Waals surface area contributed by atoms with Gasteiger partial charge >= 0.3 is 0 Å². The molecule has 92 valence electrons. The van der Waals surface area contributed by atoms with Gasteiger partial charge in [0.05, 0.1) is 0 Å². The molecule has 2 aromatic carbocycles. The second-order valence-electron chi connectivity index (χ2n) is 4.32. The highest BCUT2D eigenvalue weighted by atomic mass is 32.1. The summed E-state index contributed by atoms with van der Waals surface area (Å²) >= 11 is 4.26. The van der Waals surface area contributed by atoms with Crippen molar-refractivity contribution in [3.8, 4) is 0 Å². The largest absolute Gasteiger partial charge is 0.322 e. The average Bonchev–Trinajstić information content (AvgIpc) is 2.32. The molecule has 0 heterocycles. The summed E-state index contributed by atoms with van der Waals surface area (Å²) < 4.78 is 0. The lowest BCUT2D eigenvalue weighted by Crippen LogP contribution is -2.13. The van der Waals surface area contributed by atoms with Gasteiger partial charge < -0.3 is 5.32 Å². The van der Waals surface area contributed by atoms with Gasteiger partial charge in [0.2, 0.25) is 0 Å².